The topological polar surface area (TPSA) is 44.0 Å². The van der Waals surface area contributed by atoms with Crippen LogP contribution in [0.5, 0.6) is 0 Å². The van der Waals surface area contributed by atoms with E-state index < -0.39 is 0 Å². The van der Waals surface area contributed by atoms with Crippen LogP contribution >= 0.6 is 11.6 Å². The van der Waals surface area contributed by atoms with Crippen LogP contribution in [0.3, 0.4) is 0 Å². The highest BCUT2D eigenvalue weighted by Crippen LogP contribution is 2.31. The Kier molecular flexibility index (Phi) is 3.75. The summed E-state index contributed by atoms with van der Waals surface area (Å²) in [7, 11) is 0. The molecule has 0 saturated carbocycles. The summed E-state index contributed by atoms with van der Waals surface area (Å²) in [4.78, 5) is 25.9. The third kappa shape index (κ3) is 2.38. The first kappa shape index (κ1) is 17.3. The van der Waals surface area contributed by atoms with Gasteiger partial charge in [-0.25, -0.2) is 0 Å². The molecule has 1 aliphatic rings. The Morgan fingerprint density at radius 1 is 0.821 bits per heavy atom. The van der Waals surface area contributed by atoms with Gasteiger partial charge in [0.1, 0.15) is 0 Å². The minimum Gasteiger partial charge on any atom is -0.306 e. The number of nitrogens with zero attached hydrogens (tertiary/aromatic N) is 2. The molecule has 0 saturated heterocycles. The fourth-order valence-electron chi connectivity index (χ4n) is 4.39. The van der Waals surface area contributed by atoms with Gasteiger partial charge in [-0.15, -0.1) is 0 Å². The van der Waals surface area contributed by atoms with E-state index in [4.69, 9.17) is 11.6 Å². The Labute approximate surface area is 166 Å². The number of hydrogen-bond donors (Lipinski definition) is 0. The van der Waals surface area contributed by atoms with Crippen molar-refractivity contribution in [1.82, 2.24) is 9.13 Å². The number of rotatable bonds is 1. The molecule has 140 valence electrons. The van der Waals surface area contributed by atoms with E-state index in [1.807, 2.05) is 54.8 Å². The van der Waals surface area contributed by atoms with E-state index in [0.717, 1.165) is 49.9 Å². The molecule has 0 atom stereocenters. The van der Waals surface area contributed by atoms with Crippen molar-refractivity contribution in [1.29, 1.82) is 0 Å². The molecule has 5 heteroatoms. The van der Waals surface area contributed by atoms with Gasteiger partial charge in [-0.05, 0) is 61.2 Å². The fourth-order valence-corrected chi connectivity index (χ4v) is 4.49. The lowest BCUT2D eigenvalue weighted by Gasteiger charge is -2.15. The van der Waals surface area contributed by atoms with Crippen molar-refractivity contribution in [2.45, 2.75) is 33.4 Å². The van der Waals surface area contributed by atoms with Crippen molar-refractivity contribution < 1.29 is 0 Å². The summed E-state index contributed by atoms with van der Waals surface area (Å²) in [6.45, 7) is 5.12. The third-order valence-corrected chi connectivity index (χ3v) is 6.31. The first-order chi connectivity index (χ1) is 13.5. The van der Waals surface area contributed by atoms with Crippen LogP contribution < -0.4 is 11.1 Å². The fraction of sp³-hybridized carbons (Fsp3) is 0.217. The lowest BCUT2D eigenvalue weighted by molar-refractivity contribution is 0.580. The van der Waals surface area contributed by atoms with Gasteiger partial charge in [0.2, 0.25) is 0 Å². The van der Waals surface area contributed by atoms with E-state index in [2.05, 4.69) is 0 Å². The molecule has 1 aliphatic heterocycles. The van der Waals surface area contributed by atoms with Gasteiger partial charge < -0.3 is 9.13 Å². The Morgan fingerprint density at radius 2 is 1.43 bits per heavy atom. The zero-order chi connectivity index (χ0) is 19.6. The number of halogens is 1. The molecule has 4 nitrogen and oxygen atoms in total. The average molecular weight is 391 g/mol. The van der Waals surface area contributed by atoms with Gasteiger partial charge in [-0.1, -0.05) is 23.7 Å². The lowest BCUT2D eigenvalue weighted by atomic mass is 9.99. The van der Waals surface area contributed by atoms with Crippen LogP contribution in [0.15, 0.2) is 52.1 Å². The van der Waals surface area contributed by atoms with Gasteiger partial charge in [-0.3, -0.25) is 9.59 Å². The Balaban J connectivity index is 1.93. The molecule has 4 aromatic rings. The van der Waals surface area contributed by atoms with Crippen molar-refractivity contribution >= 4 is 33.4 Å². The highest BCUT2D eigenvalue weighted by atomic mass is 35.5. The van der Waals surface area contributed by atoms with E-state index in [1.54, 1.807) is 10.6 Å². The van der Waals surface area contributed by atoms with Crippen LogP contribution in [-0.4, -0.2) is 9.13 Å². The van der Waals surface area contributed by atoms with Gasteiger partial charge in [-0.2, -0.15) is 0 Å². The minimum atomic E-state index is -0.0223. The van der Waals surface area contributed by atoms with E-state index in [-0.39, 0.29) is 11.1 Å². The number of aromatic nitrogens is 2. The second-order valence-corrected chi connectivity index (χ2v) is 7.93. The van der Waals surface area contributed by atoms with Crippen LogP contribution in [0.4, 0.5) is 0 Å². The predicted molar refractivity (Wildman–Crippen MR) is 115 cm³/mol. The maximum atomic E-state index is 13.5. The van der Waals surface area contributed by atoms with Gasteiger partial charge in [0.05, 0.1) is 11.0 Å². The molecule has 0 amide bonds. The summed E-state index contributed by atoms with van der Waals surface area (Å²) in [6.07, 6.45) is 0.741. The second kappa shape index (κ2) is 6.08. The number of aryl methyl sites for hydroxylation is 4. The molecule has 0 N–H and O–H groups in total. The molecular formula is C23H19ClN2O2. The summed E-state index contributed by atoms with van der Waals surface area (Å²) in [5, 5.41) is 2.68. The quantitative estimate of drug-likeness (QED) is 0.444. The van der Waals surface area contributed by atoms with E-state index in [1.165, 1.54) is 0 Å². The van der Waals surface area contributed by atoms with E-state index >= 15 is 0 Å². The Bertz CT molecular complexity index is 1390. The first-order valence-corrected chi connectivity index (χ1v) is 9.81. The maximum Gasteiger partial charge on any atom is 0.258 e. The summed E-state index contributed by atoms with van der Waals surface area (Å²) >= 11 is 6.32. The number of hydrogen-bond acceptors (Lipinski definition) is 2. The molecule has 0 unspecified atom stereocenters. The van der Waals surface area contributed by atoms with Crippen LogP contribution in [0, 0.1) is 13.8 Å². The van der Waals surface area contributed by atoms with Crippen LogP contribution in [0.1, 0.15) is 17.5 Å². The monoisotopic (exact) mass is 390 g/mol. The zero-order valence-corrected chi connectivity index (χ0v) is 16.5. The van der Waals surface area contributed by atoms with Crippen molar-refractivity contribution in [2.24, 2.45) is 0 Å². The summed E-state index contributed by atoms with van der Waals surface area (Å²) in [5.74, 6) is 0. The van der Waals surface area contributed by atoms with Crippen LogP contribution in [-0.2, 0) is 13.1 Å². The lowest BCUT2D eigenvalue weighted by Crippen LogP contribution is -2.22. The smallest absolute Gasteiger partial charge is 0.258 e. The molecule has 2 aromatic carbocycles. The average Bonchev–Trinajstić information content (AvgIpc) is 2.89. The molecule has 0 spiro atoms. The maximum absolute atomic E-state index is 13.5. The normalized spacial score (nSPS) is 13.4. The summed E-state index contributed by atoms with van der Waals surface area (Å²) < 4.78 is 3.64. The SMILES string of the molecule is Cc1cc(-c2cc3ccc4ccc(=O)n5c4c3n(c2=O)CCC5)cc(C)c1Cl. The molecule has 0 fully saturated rings. The largest absolute Gasteiger partial charge is 0.306 e. The summed E-state index contributed by atoms with van der Waals surface area (Å²) in [6, 6.07) is 13.4. The van der Waals surface area contributed by atoms with Crippen LogP contribution in [0.25, 0.3) is 32.9 Å². The minimum absolute atomic E-state index is 0.0195. The Hall–Kier alpha value is -2.85. The van der Waals surface area contributed by atoms with Crippen molar-refractivity contribution in [3.05, 3.63) is 79.3 Å². The standard InChI is InChI=1S/C23H19ClN2O2/c1-13-10-17(11-14(2)20(13)24)18-12-16-5-4-15-6-7-19(27)25-8-3-9-26(23(18)28)22(16)21(15)25/h4-7,10-12H,3,8-9H2,1-2H3. The molecule has 0 radical (unpaired) electrons. The molecular weight excluding hydrogens is 372 g/mol. The van der Waals surface area contributed by atoms with Gasteiger partial charge in [0, 0.05) is 40.5 Å². The predicted octanol–water partition coefficient (Wildman–Crippen LogP) is 4.66. The molecule has 28 heavy (non-hydrogen) atoms. The van der Waals surface area contributed by atoms with Crippen LogP contribution in [0.2, 0.25) is 5.02 Å². The zero-order valence-electron chi connectivity index (χ0n) is 15.8. The van der Waals surface area contributed by atoms with E-state index in [0.29, 0.717) is 18.7 Å². The van der Waals surface area contributed by atoms with Crippen molar-refractivity contribution in [3.63, 3.8) is 0 Å². The highest BCUT2D eigenvalue weighted by Gasteiger charge is 2.19. The molecule has 3 heterocycles. The third-order valence-electron chi connectivity index (χ3n) is 5.71. The number of pyridine rings is 2. The van der Waals surface area contributed by atoms with Gasteiger partial charge in [0.25, 0.3) is 11.1 Å². The van der Waals surface area contributed by atoms with E-state index in [9.17, 15) is 9.59 Å². The number of benzene rings is 2. The van der Waals surface area contributed by atoms with Crippen molar-refractivity contribution in [2.75, 3.05) is 0 Å². The first-order valence-electron chi connectivity index (χ1n) is 9.43. The van der Waals surface area contributed by atoms with Gasteiger partial charge in [0.15, 0.2) is 0 Å². The molecule has 0 aliphatic carbocycles. The molecule has 2 aromatic heterocycles. The molecule has 5 rings (SSSR count). The molecule has 0 bridgehead atoms. The second-order valence-electron chi connectivity index (χ2n) is 7.56. The summed E-state index contributed by atoms with van der Waals surface area (Å²) in [5.41, 5.74) is 5.13. The Morgan fingerprint density at radius 3 is 2.18 bits per heavy atom. The highest BCUT2D eigenvalue weighted by molar-refractivity contribution is 6.32. The van der Waals surface area contributed by atoms with Gasteiger partial charge >= 0.3 is 0 Å². The van der Waals surface area contributed by atoms with Crippen molar-refractivity contribution in [3.8, 4) is 11.1 Å².